The molecule has 0 saturated carbocycles. The van der Waals surface area contributed by atoms with Gasteiger partial charge in [-0.1, -0.05) is 49.1 Å². The van der Waals surface area contributed by atoms with Crippen LogP contribution in [0.15, 0.2) is 36.4 Å². The van der Waals surface area contributed by atoms with Gasteiger partial charge in [0.2, 0.25) is 0 Å². The third-order valence-corrected chi connectivity index (χ3v) is 2.22. The summed E-state index contributed by atoms with van der Waals surface area (Å²) in [6, 6.07) is 10.4. The minimum atomic E-state index is 0.0754. The van der Waals surface area contributed by atoms with Crippen LogP contribution in [0.5, 0.6) is 0 Å². The Bertz CT molecular complexity index is 405. The first-order chi connectivity index (χ1) is 7.53. The van der Waals surface area contributed by atoms with Gasteiger partial charge in [0, 0.05) is 5.41 Å². The first kappa shape index (κ1) is 12.6. The van der Waals surface area contributed by atoms with E-state index in [1.165, 1.54) is 11.1 Å². The van der Waals surface area contributed by atoms with Gasteiger partial charge >= 0.3 is 0 Å². The van der Waals surface area contributed by atoms with Gasteiger partial charge in [0.15, 0.2) is 0 Å². The van der Waals surface area contributed by atoms with E-state index in [4.69, 9.17) is 0 Å². The van der Waals surface area contributed by atoms with E-state index in [-0.39, 0.29) is 5.41 Å². The second-order valence-corrected chi connectivity index (χ2v) is 4.91. The molecule has 0 radical (unpaired) electrons. The third kappa shape index (κ3) is 4.36. The summed E-state index contributed by atoms with van der Waals surface area (Å²) in [5.41, 5.74) is 2.65. The van der Waals surface area contributed by atoms with Gasteiger partial charge in [-0.25, -0.2) is 0 Å². The average Bonchev–Trinajstić information content (AvgIpc) is 2.24. The maximum atomic E-state index is 3.23. The fraction of sp³-hybridized carbons (Fsp3) is 0.375. The lowest BCUT2D eigenvalue weighted by molar-refractivity contribution is 0.571. The second-order valence-electron chi connectivity index (χ2n) is 4.91. The Balaban J connectivity index is 2.91. The highest BCUT2D eigenvalue weighted by Gasteiger charge is 2.02. The first-order valence-corrected chi connectivity index (χ1v) is 5.80. The average molecular weight is 212 g/mol. The van der Waals surface area contributed by atoms with Crippen LogP contribution in [0.2, 0.25) is 0 Å². The molecule has 1 aromatic carbocycles. The summed E-state index contributed by atoms with van der Waals surface area (Å²) in [6.45, 7) is 8.55. The quantitative estimate of drug-likeness (QED) is 0.632. The van der Waals surface area contributed by atoms with Crippen molar-refractivity contribution in [1.29, 1.82) is 0 Å². The Kier molecular flexibility index (Phi) is 4.38. The Morgan fingerprint density at radius 2 is 1.81 bits per heavy atom. The van der Waals surface area contributed by atoms with Crippen LogP contribution in [0.3, 0.4) is 0 Å². The Labute approximate surface area is 99.4 Å². The molecule has 0 spiro atoms. The number of hydrogen-bond acceptors (Lipinski definition) is 0. The molecule has 0 aromatic heterocycles. The van der Waals surface area contributed by atoms with Crippen LogP contribution >= 0.6 is 0 Å². The summed E-state index contributed by atoms with van der Waals surface area (Å²) >= 11 is 0. The van der Waals surface area contributed by atoms with Crippen LogP contribution in [0, 0.1) is 17.3 Å². The van der Waals surface area contributed by atoms with E-state index in [2.05, 4.69) is 63.8 Å². The van der Waals surface area contributed by atoms with Crippen molar-refractivity contribution in [3.8, 4) is 11.8 Å². The molecule has 0 unspecified atom stereocenters. The van der Waals surface area contributed by atoms with Crippen LogP contribution in [0.1, 0.15) is 39.7 Å². The van der Waals surface area contributed by atoms with Crippen LogP contribution in [-0.4, -0.2) is 0 Å². The molecule has 0 heteroatoms. The minimum absolute atomic E-state index is 0.0754. The Morgan fingerprint density at radius 1 is 1.19 bits per heavy atom. The molecule has 0 aliphatic rings. The third-order valence-electron chi connectivity index (χ3n) is 2.22. The van der Waals surface area contributed by atoms with Gasteiger partial charge in [0.05, 0.1) is 0 Å². The predicted molar refractivity (Wildman–Crippen MR) is 71.9 cm³/mol. The van der Waals surface area contributed by atoms with Crippen molar-refractivity contribution in [2.75, 3.05) is 0 Å². The molecule has 0 saturated heterocycles. The van der Waals surface area contributed by atoms with Gasteiger partial charge < -0.3 is 0 Å². The van der Waals surface area contributed by atoms with Gasteiger partial charge in [-0.15, -0.1) is 0 Å². The second kappa shape index (κ2) is 5.56. The molecule has 0 fully saturated rings. The number of benzene rings is 1. The van der Waals surface area contributed by atoms with Crippen molar-refractivity contribution >= 4 is 5.57 Å². The van der Waals surface area contributed by atoms with E-state index in [1.807, 2.05) is 12.1 Å². The standard InChI is InChI=1S/C16H20/c1-5-14(12-9-13-16(2,3)4)15-10-7-6-8-11-15/h6-8,10-12H,5H2,1-4H3/b14-12+. The molecule has 1 aromatic rings. The molecule has 0 bridgehead atoms. The van der Waals surface area contributed by atoms with Gasteiger partial charge in [-0.05, 0) is 44.4 Å². The van der Waals surface area contributed by atoms with E-state index in [0.29, 0.717) is 0 Å². The molecule has 0 aliphatic carbocycles. The highest BCUT2D eigenvalue weighted by atomic mass is 14.1. The molecule has 0 amide bonds. The minimum Gasteiger partial charge on any atom is -0.0926 e. The Morgan fingerprint density at radius 3 is 2.31 bits per heavy atom. The van der Waals surface area contributed by atoms with E-state index in [9.17, 15) is 0 Å². The predicted octanol–water partition coefficient (Wildman–Crippen LogP) is 4.53. The van der Waals surface area contributed by atoms with Crippen LogP contribution < -0.4 is 0 Å². The maximum Gasteiger partial charge on any atom is 0.0233 e. The zero-order valence-electron chi connectivity index (χ0n) is 10.7. The molecule has 0 N–H and O–H groups in total. The van der Waals surface area contributed by atoms with Crippen LogP contribution in [0.4, 0.5) is 0 Å². The van der Waals surface area contributed by atoms with Gasteiger partial charge in [0.1, 0.15) is 0 Å². The smallest absolute Gasteiger partial charge is 0.0233 e. The van der Waals surface area contributed by atoms with Crippen molar-refractivity contribution in [2.24, 2.45) is 5.41 Å². The Hall–Kier alpha value is -1.48. The molecule has 0 heterocycles. The maximum absolute atomic E-state index is 3.23. The lowest BCUT2D eigenvalue weighted by Gasteiger charge is -2.06. The summed E-state index contributed by atoms with van der Waals surface area (Å²) in [4.78, 5) is 0. The summed E-state index contributed by atoms with van der Waals surface area (Å²) in [5.74, 6) is 6.39. The van der Waals surface area contributed by atoms with Crippen molar-refractivity contribution in [3.05, 3.63) is 42.0 Å². The summed E-state index contributed by atoms with van der Waals surface area (Å²) in [5, 5.41) is 0. The molecule has 16 heavy (non-hydrogen) atoms. The summed E-state index contributed by atoms with van der Waals surface area (Å²) in [7, 11) is 0. The fourth-order valence-electron chi connectivity index (χ4n) is 1.38. The molecular formula is C16H20. The molecule has 0 atom stereocenters. The SMILES string of the molecule is CC/C(=C\C#CC(C)(C)C)c1ccccc1. The molecule has 0 aliphatic heterocycles. The first-order valence-electron chi connectivity index (χ1n) is 5.80. The highest BCUT2D eigenvalue weighted by Crippen LogP contribution is 2.17. The molecule has 0 nitrogen and oxygen atoms in total. The molecular weight excluding hydrogens is 192 g/mol. The van der Waals surface area contributed by atoms with Gasteiger partial charge in [-0.2, -0.15) is 0 Å². The lowest BCUT2D eigenvalue weighted by Crippen LogP contribution is -1.98. The number of rotatable bonds is 2. The number of allylic oxidation sites excluding steroid dienone is 2. The van der Waals surface area contributed by atoms with Gasteiger partial charge in [0.25, 0.3) is 0 Å². The van der Waals surface area contributed by atoms with Crippen molar-refractivity contribution in [2.45, 2.75) is 34.1 Å². The zero-order chi connectivity index (χ0) is 12.0. The molecule has 1 rings (SSSR count). The zero-order valence-corrected chi connectivity index (χ0v) is 10.7. The fourth-order valence-corrected chi connectivity index (χ4v) is 1.38. The topological polar surface area (TPSA) is 0 Å². The summed E-state index contributed by atoms with van der Waals surface area (Å²) < 4.78 is 0. The van der Waals surface area contributed by atoms with Crippen LogP contribution in [-0.2, 0) is 0 Å². The van der Waals surface area contributed by atoms with Gasteiger partial charge in [-0.3, -0.25) is 0 Å². The van der Waals surface area contributed by atoms with Crippen molar-refractivity contribution < 1.29 is 0 Å². The van der Waals surface area contributed by atoms with E-state index in [0.717, 1.165) is 6.42 Å². The molecule has 84 valence electrons. The lowest BCUT2D eigenvalue weighted by atomic mass is 9.97. The highest BCUT2D eigenvalue weighted by molar-refractivity contribution is 5.67. The monoisotopic (exact) mass is 212 g/mol. The summed E-state index contributed by atoms with van der Waals surface area (Å²) in [6.07, 6.45) is 3.06. The van der Waals surface area contributed by atoms with E-state index in [1.54, 1.807) is 0 Å². The van der Waals surface area contributed by atoms with E-state index < -0.39 is 0 Å². The van der Waals surface area contributed by atoms with Crippen molar-refractivity contribution in [3.63, 3.8) is 0 Å². The normalized spacial score (nSPS) is 11.9. The number of hydrogen-bond donors (Lipinski definition) is 0. The van der Waals surface area contributed by atoms with E-state index >= 15 is 0 Å². The van der Waals surface area contributed by atoms with Crippen LogP contribution in [0.25, 0.3) is 5.57 Å². The van der Waals surface area contributed by atoms with Crippen molar-refractivity contribution in [1.82, 2.24) is 0 Å². The largest absolute Gasteiger partial charge is 0.0926 e.